The van der Waals surface area contributed by atoms with E-state index in [0.29, 0.717) is 29.2 Å². The molecule has 3 N–H and O–H groups in total. The molecular weight excluding hydrogens is 489 g/mol. The number of hydrogen-bond acceptors (Lipinski definition) is 7. The van der Waals surface area contributed by atoms with Gasteiger partial charge in [-0.2, -0.15) is 13.2 Å². The molecule has 2 amide bonds. The van der Waals surface area contributed by atoms with Crippen LogP contribution in [-0.2, 0) is 6.18 Å². The number of likely N-dealkylation sites (N-methyl/N-ethyl adjacent to an activating group) is 1. The Hall–Kier alpha value is -4.39. The van der Waals surface area contributed by atoms with Gasteiger partial charge < -0.3 is 25.6 Å². The fourth-order valence-electron chi connectivity index (χ4n) is 3.50. The topological polar surface area (TPSA) is 109 Å². The number of nitrogens with one attached hydrogen (secondary N) is 3. The molecule has 0 saturated carbocycles. The van der Waals surface area contributed by atoms with Gasteiger partial charge in [0, 0.05) is 30.7 Å². The number of hydrogen-bond donors (Lipinski definition) is 3. The van der Waals surface area contributed by atoms with Crippen LogP contribution < -0.4 is 20.7 Å². The first-order chi connectivity index (χ1) is 17.7. The summed E-state index contributed by atoms with van der Waals surface area (Å²) in [5, 5.41) is 8.00. The van der Waals surface area contributed by atoms with Crippen LogP contribution in [0, 0.1) is 0 Å². The largest absolute Gasteiger partial charge is 0.492 e. The Kier molecular flexibility index (Phi) is 7.43. The van der Waals surface area contributed by atoms with E-state index in [1.165, 1.54) is 18.5 Å². The summed E-state index contributed by atoms with van der Waals surface area (Å²) in [5.74, 6) is 0.301. The first-order valence-electron chi connectivity index (χ1n) is 11.2. The molecule has 0 saturated heterocycles. The van der Waals surface area contributed by atoms with Crippen LogP contribution >= 0.6 is 0 Å². The van der Waals surface area contributed by atoms with Gasteiger partial charge in [0.25, 0.3) is 0 Å². The number of nitrogens with zero attached hydrogens (tertiary/aromatic N) is 5. The summed E-state index contributed by atoms with van der Waals surface area (Å²) in [4.78, 5) is 27.0. The molecule has 4 aromatic rings. The van der Waals surface area contributed by atoms with E-state index in [9.17, 15) is 18.0 Å². The van der Waals surface area contributed by atoms with Gasteiger partial charge in [-0.15, -0.1) is 0 Å². The second-order valence-corrected chi connectivity index (χ2v) is 8.25. The number of carbonyl (C=O) groups excluding carboxylic acids is 1. The Morgan fingerprint density at radius 3 is 2.41 bits per heavy atom. The zero-order chi connectivity index (χ0) is 26.6. The van der Waals surface area contributed by atoms with E-state index >= 15 is 0 Å². The number of urea groups is 1. The zero-order valence-corrected chi connectivity index (χ0v) is 20.3. The van der Waals surface area contributed by atoms with E-state index in [-0.39, 0.29) is 18.0 Å². The van der Waals surface area contributed by atoms with E-state index in [1.54, 1.807) is 61.2 Å². The Morgan fingerprint density at radius 2 is 1.73 bits per heavy atom. The fraction of sp³-hybridized carbons (Fsp3) is 0.250. The maximum absolute atomic E-state index is 13.6. The number of ether oxygens (including phenoxy) is 1. The van der Waals surface area contributed by atoms with E-state index in [1.807, 2.05) is 0 Å². The van der Waals surface area contributed by atoms with Crippen LogP contribution in [0.4, 0.5) is 35.2 Å². The van der Waals surface area contributed by atoms with Gasteiger partial charge in [-0.3, -0.25) is 4.57 Å². The lowest BCUT2D eigenvalue weighted by molar-refractivity contribution is -0.138. The van der Waals surface area contributed by atoms with Crippen LogP contribution in [0.15, 0.2) is 55.1 Å². The molecule has 0 aliphatic heterocycles. The highest BCUT2D eigenvalue weighted by molar-refractivity contribution is 6.00. The van der Waals surface area contributed by atoms with Crippen LogP contribution in [0.5, 0.6) is 5.75 Å². The number of anilines is 3. The molecule has 2 heterocycles. The normalized spacial score (nSPS) is 11.5. The minimum absolute atomic E-state index is 0.0219. The van der Waals surface area contributed by atoms with Crippen molar-refractivity contribution >= 4 is 34.4 Å². The number of fused-ring (bicyclic) bond motifs is 1. The summed E-state index contributed by atoms with van der Waals surface area (Å²) >= 11 is 0. The van der Waals surface area contributed by atoms with Gasteiger partial charge in [0.05, 0.1) is 5.56 Å². The highest BCUT2D eigenvalue weighted by Gasteiger charge is 2.35. The molecule has 0 fully saturated rings. The predicted octanol–water partition coefficient (Wildman–Crippen LogP) is 4.46. The summed E-state index contributed by atoms with van der Waals surface area (Å²) in [6, 6.07) is 9.52. The lowest BCUT2D eigenvalue weighted by Gasteiger charge is -2.17. The second kappa shape index (κ2) is 10.7. The molecule has 0 aliphatic rings. The van der Waals surface area contributed by atoms with E-state index in [2.05, 4.69) is 30.9 Å². The summed E-state index contributed by atoms with van der Waals surface area (Å²) < 4.78 is 47.7. The fourth-order valence-corrected chi connectivity index (χ4v) is 3.50. The van der Waals surface area contributed by atoms with Crippen molar-refractivity contribution in [2.24, 2.45) is 0 Å². The Labute approximate surface area is 210 Å². The van der Waals surface area contributed by atoms with Gasteiger partial charge in [0.2, 0.25) is 0 Å². The minimum Gasteiger partial charge on any atom is -0.492 e. The Balaban J connectivity index is 1.44. The molecule has 4 rings (SSSR count). The highest BCUT2D eigenvalue weighted by Crippen LogP contribution is 2.38. The van der Waals surface area contributed by atoms with Crippen molar-refractivity contribution in [3.63, 3.8) is 0 Å². The lowest BCUT2D eigenvalue weighted by atomic mass is 10.1. The minimum atomic E-state index is -4.65. The number of carbonyl (C=O) groups is 1. The Morgan fingerprint density at radius 1 is 1.03 bits per heavy atom. The average molecular weight is 515 g/mol. The zero-order valence-electron chi connectivity index (χ0n) is 20.3. The predicted molar refractivity (Wildman–Crippen MR) is 134 cm³/mol. The van der Waals surface area contributed by atoms with E-state index in [4.69, 9.17) is 4.74 Å². The number of amides is 2. The van der Waals surface area contributed by atoms with Gasteiger partial charge in [0.15, 0.2) is 17.0 Å². The first kappa shape index (κ1) is 25.7. The smallest absolute Gasteiger partial charge is 0.420 e. The third-order valence-electron chi connectivity index (χ3n) is 5.31. The summed E-state index contributed by atoms with van der Waals surface area (Å²) in [6.45, 7) is 0.554. The van der Waals surface area contributed by atoms with Crippen molar-refractivity contribution in [1.82, 2.24) is 24.4 Å². The molecule has 0 radical (unpaired) electrons. The quantitative estimate of drug-likeness (QED) is 0.319. The molecule has 10 nitrogen and oxygen atoms in total. The summed E-state index contributed by atoms with van der Waals surface area (Å²) in [5.41, 5.74) is 1.41. The van der Waals surface area contributed by atoms with Gasteiger partial charge in [0.1, 0.15) is 25.0 Å². The van der Waals surface area contributed by atoms with Gasteiger partial charge in [-0.25, -0.2) is 19.7 Å². The monoisotopic (exact) mass is 514 g/mol. The van der Waals surface area contributed by atoms with Gasteiger partial charge in [-0.1, -0.05) is 0 Å². The second-order valence-electron chi connectivity index (χ2n) is 8.25. The van der Waals surface area contributed by atoms with Crippen LogP contribution in [0.3, 0.4) is 0 Å². The third-order valence-corrected chi connectivity index (χ3v) is 5.31. The molecule has 0 bridgehead atoms. The molecule has 0 atom stereocenters. The molecule has 37 heavy (non-hydrogen) atoms. The molecule has 13 heteroatoms. The van der Waals surface area contributed by atoms with Crippen molar-refractivity contribution in [3.05, 3.63) is 60.7 Å². The van der Waals surface area contributed by atoms with Gasteiger partial charge >= 0.3 is 12.2 Å². The van der Waals surface area contributed by atoms with E-state index in [0.717, 1.165) is 11.8 Å². The van der Waals surface area contributed by atoms with Crippen molar-refractivity contribution in [1.29, 1.82) is 0 Å². The molecule has 0 spiro atoms. The number of benzene rings is 2. The number of imidazole rings is 1. The average Bonchev–Trinajstić information content (AvgIpc) is 3.29. The number of rotatable bonds is 8. The summed E-state index contributed by atoms with van der Waals surface area (Å²) in [6.07, 6.45) is -1.60. The highest BCUT2D eigenvalue weighted by atomic mass is 19.4. The number of halogens is 3. The van der Waals surface area contributed by atoms with Crippen LogP contribution in [-0.4, -0.2) is 64.7 Å². The molecule has 0 aliphatic carbocycles. The van der Waals surface area contributed by atoms with E-state index < -0.39 is 17.8 Å². The summed E-state index contributed by atoms with van der Waals surface area (Å²) in [7, 11) is 5.33. The number of aromatic nitrogens is 4. The molecule has 194 valence electrons. The number of alkyl halides is 3. The maximum atomic E-state index is 13.6. The Bertz CT molecular complexity index is 1390. The lowest BCUT2D eigenvalue weighted by Crippen LogP contribution is -2.21. The third kappa shape index (κ3) is 6.06. The first-order valence-corrected chi connectivity index (χ1v) is 11.2. The van der Waals surface area contributed by atoms with Crippen LogP contribution in [0.1, 0.15) is 5.56 Å². The molecule has 2 aromatic heterocycles. The van der Waals surface area contributed by atoms with Crippen LogP contribution in [0.2, 0.25) is 0 Å². The standard InChI is InChI=1S/C24H25F3N8O2/c1-28-21-20-22(30-13-29-21)35(14-31-20)17-7-4-15(5-8-17)32-23(36)33-16-6-9-19(37-11-10-34(2)3)18(12-16)24(25,26)27/h4-9,12-14H,10-11H2,1-3H3,(H,28,29,30)(H2,32,33,36). The van der Waals surface area contributed by atoms with Crippen molar-refractivity contribution in [3.8, 4) is 11.4 Å². The SMILES string of the molecule is CNc1ncnc2c1ncn2-c1ccc(NC(=O)Nc2ccc(OCCN(C)C)c(C(F)(F)F)c2)cc1. The van der Waals surface area contributed by atoms with Crippen molar-refractivity contribution in [2.75, 3.05) is 50.2 Å². The molecule has 0 unspecified atom stereocenters. The molecule has 2 aromatic carbocycles. The van der Waals surface area contributed by atoms with Crippen molar-refractivity contribution < 1.29 is 22.7 Å². The van der Waals surface area contributed by atoms with Crippen LogP contribution in [0.25, 0.3) is 16.9 Å². The maximum Gasteiger partial charge on any atom is 0.420 e. The van der Waals surface area contributed by atoms with Gasteiger partial charge in [-0.05, 0) is 56.6 Å². The molecular formula is C24H25F3N8O2. The van der Waals surface area contributed by atoms with Crippen molar-refractivity contribution in [2.45, 2.75) is 6.18 Å².